The van der Waals surface area contributed by atoms with Gasteiger partial charge in [0.25, 0.3) is 0 Å². The maximum absolute atomic E-state index is 11.9. The van der Waals surface area contributed by atoms with Crippen molar-refractivity contribution in [1.29, 1.82) is 0 Å². The number of hydrogen-bond donors (Lipinski definition) is 2. The second kappa shape index (κ2) is 7.78. The highest BCUT2D eigenvalue weighted by Gasteiger charge is 2.38. The van der Waals surface area contributed by atoms with E-state index in [1.807, 2.05) is 20.8 Å². The van der Waals surface area contributed by atoms with Crippen molar-refractivity contribution in [2.45, 2.75) is 65.4 Å². The molecule has 7 nitrogen and oxygen atoms in total. The van der Waals surface area contributed by atoms with E-state index in [-0.39, 0.29) is 6.54 Å². The molecule has 0 aliphatic carbocycles. The molecule has 7 heteroatoms. The van der Waals surface area contributed by atoms with Gasteiger partial charge in [0.15, 0.2) is 0 Å². The minimum Gasteiger partial charge on any atom is -0.466 e. The van der Waals surface area contributed by atoms with Crippen LogP contribution in [0.15, 0.2) is 0 Å². The van der Waals surface area contributed by atoms with Gasteiger partial charge in [0.05, 0.1) is 12.7 Å². The third-order valence-corrected chi connectivity index (χ3v) is 2.34. The zero-order chi connectivity index (χ0) is 17.6. The van der Waals surface area contributed by atoms with Gasteiger partial charge in [-0.15, -0.1) is 0 Å². The first-order valence-electron chi connectivity index (χ1n) is 7.29. The molecule has 130 valence electrons. The number of amides is 1. The quantitative estimate of drug-likeness (QED) is 0.441. The van der Waals surface area contributed by atoms with E-state index in [1.54, 1.807) is 27.7 Å². The third-order valence-electron chi connectivity index (χ3n) is 2.34. The summed E-state index contributed by atoms with van der Waals surface area (Å²) in [4.78, 5) is 23.4. The number of nitrogens with one attached hydrogen (secondary N) is 2. The van der Waals surface area contributed by atoms with E-state index in [0.717, 1.165) is 0 Å². The van der Waals surface area contributed by atoms with E-state index >= 15 is 0 Å². The van der Waals surface area contributed by atoms with Gasteiger partial charge >= 0.3 is 12.1 Å². The number of ether oxygens (including phenoxy) is 3. The van der Waals surface area contributed by atoms with Crippen LogP contribution in [0.5, 0.6) is 0 Å². The summed E-state index contributed by atoms with van der Waals surface area (Å²) in [6.45, 7) is 13.1. The smallest absolute Gasteiger partial charge is 0.407 e. The molecule has 1 unspecified atom stereocenters. The zero-order valence-electron chi connectivity index (χ0n) is 15.0. The summed E-state index contributed by atoms with van der Waals surface area (Å²) in [5, 5.41) is 5.55. The SMILES string of the molecule is COC(=O)C(C)(NCCNC(=O)OC(C)(C)C)OC(C)(C)C. The number of carbonyl (C=O) groups is 2. The van der Waals surface area contributed by atoms with Gasteiger partial charge in [0.1, 0.15) is 5.60 Å². The Bertz CT molecular complexity index is 384. The number of hydrogen-bond acceptors (Lipinski definition) is 6. The average molecular weight is 318 g/mol. The van der Waals surface area contributed by atoms with Crippen molar-refractivity contribution in [1.82, 2.24) is 10.6 Å². The number of esters is 1. The van der Waals surface area contributed by atoms with Gasteiger partial charge in [-0.2, -0.15) is 0 Å². The fourth-order valence-electron chi connectivity index (χ4n) is 1.74. The second-order valence-corrected chi connectivity index (χ2v) is 7.09. The standard InChI is InChI=1S/C15H30N2O5/c1-13(2,3)21-12(19)16-9-10-17-15(7,11(18)20-8)22-14(4,5)6/h17H,9-10H2,1-8H3,(H,16,19). The molecule has 1 atom stereocenters. The Hall–Kier alpha value is -1.34. The van der Waals surface area contributed by atoms with E-state index in [4.69, 9.17) is 14.2 Å². The van der Waals surface area contributed by atoms with Crippen molar-refractivity contribution < 1.29 is 23.8 Å². The molecule has 0 radical (unpaired) electrons. The van der Waals surface area contributed by atoms with Crippen LogP contribution in [0.25, 0.3) is 0 Å². The number of carbonyl (C=O) groups excluding carboxylic acids is 2. The van der Waals surface area contributed by atoms with Crippen LogP contribution < -0.4 is 10.6 Å². The summed E-state index contributed by atoms with van der Waals surface area (Å²) in [6, 6.07) is 0. The molecular formula is C15H30N2O5. The lowest BCUT2D eigenvalue weighted by molar-refractivity contribution is -0.191. The van der Waals surface area contributed by atoms with Crippen LogP contribution in [0.2, 0.25) is 0 Å². The minimum atomic E-state index is -1.29. The van der Waals surface area contributed by atoms with Crippen molar-refractivity contribution in [3.05, 3.63) is 0 Å². The van der Waals surface area contributed by atoms with Crippen LogP contribution in [0, 0.1) is 0 Å². The zero-order valence-corrected chi connectivity index (χ0v) is 15.0. The minimum absolute atomic E-state index is 0.287. The molecule has 0 fully saturated rings. The van der Waals surface area contributed by atoms with Gasteiger partial charge in [0, 0.05) is 13.1 Å². The van der Waals surface area contributed by atoms with Crippen LogP contribution >= 0.6 is 0 Å². The van der Waals surface area contributed by atoms with Gasteiger partial charge in [-0.05, 0) is 48.5 Å². The maximum Gasteiger partial charge on any atom is 0.407 e. The molecule has 0 saturated heterocycles. The van der Waals surface area contributed by atoms with Crippen LogP contribution in [0.1, 0.15) is 48.5 Å². The van der Waals surface area contributed by atoms with Crippen molar-refractivity contribution >= 4 is 12.1 Å². The molecule has 2 N–H and O–H groups in total. The highest BCUT2D eigenvalue weighted by atomic mass is 16.6. The third kappa shape index (κ3) is 8.84. The van der Waals surface area contributed by atoms with Gasteiger partial charge in [0.2, 0.25) is 5.72 Å². The first-order chi connectivity index (χ1) is 9.79. The van der Waals surface area contributed by atoms with Crippen molar-refractivity contribution in [2.75, 3.05) is 20.2 Å². The van der Waals surface area contributed by atoms with Gasteiger partial charge < -0.3 is 19.5 Å². The van der Waals surface area contributed by atoms with E-state index < -0.39 is 29.0 Å². The Morgan fingerprint density at radius 1 is 0.909 bits per heavy atom. The summed E-state index contributed by atoms with van der Waals surface area (Å²) in [6.07, 6.45) is -0.509. The lowest BCUT2D eigenvalue weighted by Gasteiger charge is -2.35. The molecule has 0 aliphatic heterocycles. The number of alkyl carbamates (subject to hydrolysis) is 1. The van der Waals surface area contributed by atoms with Crippen LogP contribution in [-0.4, -0.2) is 49.2 Å². The molecule has 0 heterocycles. The lowest BCUT2D eigenvalue weighted by atomic mass is 10.1. The summed E-state index contributed by atoms with van der Waals surface area (Å²) in [7, 11) is 1.30. The largest absolute Gasteiger partial charge is 0.466 e. The molecule has 0 rings (SSSR count). The number of methoxy groups -OCH3 is 1. The summed E-state index contributed by atoms with van der Waals surface area (Å²) < 4.78 is 15.6. The Balaban J connectivity index is 4.43. The van der Waals surface area contributed by atoms with Crippen molar-refractivity contribution in [3.63, 3.8) is 0 Å². The first-order valence-corrected chi connectivity index (χ1v) is 7.29. The normalized spacial score (nSPS) is 14.9. The second-order valence-electron chi connectivity index (χ2n) is 7.09. The lowest BCUT2D eigenvalue weighted by Crippen LogP contribution is -2.57. The molecular weight excluding hydrogens is 288 g/mol. The van der Waals surface area contributed by atoms with Crippen LogP contribution in [0.3, 0.4) is 0 Å². The fourth-order valence-corrected chi connectivity index (χ4v) is 1.74. The summed E-state index contributed by atoms with van der Waals surface area (Å²) in [5.74, 6) is -0.528. The highest BCUT2D eigenvalue weighted by molar-refractivity contribution is 5.78. The van der Waals surface area contributed by atoms with E-state index in [2.05, 4.69) is 10.6 Å². The molecule has 0 aliphatic rings. The van der Waals surface area contributed by atoms with Crippen molar-refractivity contribution in [2.24, 2.45) is 0 Å². The fraction of sp³-hybridized carbons (Fsp3) is 0.867. The van der Waals surface area contributed by atoms with E-state index in [9.17, 15) is 9.59 Å². The van der Waals surface area contributed by atoms with E-state index in [1.165, 1.54) is 7.11 Å². The highest BCUT2D eigenvalue weighted by Crippen LogP contribution is 2.19. The van der Waals surface area contributed by atoms with Gasteiger partial charge in [-0.3, -0.25) is 5.32 Å². The van der Waals surface area contributed by atoms with Crippen LogP contribution in [-0.2, 0) is 19.0 Å². The average Bonchev–Trinajstić information content (AvgIpc) is 2.29. The Morgan fingerprint density at radius 3 is 1.86 bits per heavy atom. The predicted octanol–water partition coefficient (Wildman–Crippen LogP) is 1.80. The molecule has 22 heavy (non-hydrogen) atoms. The Labute approximate surface area is 133 Å². The first kappa shape index (κ1) is 20.7. The van der Waals surface area contributed by atoms with Crippen LogP contribution in [0.4, 0.5) is 4.79 Å². The Kier molecular flexibility index (Phi) is 7.31. The molecule has 0 aromatic heterocycles. The Morgan fingerprint density at radius 2 is 1.45 bits per heavy atom. The number of rotatable bonds is 6. The van der Waals surface area contributed by atoms with E-state index in [0.29, 0.717) is 6.54 Å². The van der Waals surface area contributed by atoms with Gasteiger partial charge in [-0.1, -0.05) is 0 Å². The monoisotopic (exact) mass is 318 g/mol. The summed E-state index contributed by atoms with van der Waals surface area (Å²) >= 11 is 0. The topological polar surface area (TPSA) is 85.9 Å². The van der Waals surface area contributed by atoms with Gasteiger partial charge in [-0.25, -0.2) is 9.59 Å². The molecule has 0 saturated carbocycles. The molecule has 0 spiro atoms. The predicted molar refractivity (Wildman–Crippen MR) is 83.5 cm³/mol. The molecule has 0 aromatic rings. The molecule has 0 aromatic carbocycles. The molecule has 1 amide bonds. The van der Waals surface area contributed by atoms with Crippen molar-refractivity contribution in [3.8, 4) is 0 Å². The maximum atomic E-state index is 11.9. The summed E-state index contributed by atoms with van der Waals surface area (Å²) in [5.41, 5.74) is -2.37. The molecule has 0 bridgehead atoms.